The molecule has 20 heavy (non-hydrogen) atoms. The summed E-state index contributed by atoms with van der Waals surface area (Å²) in [6.45, 7) is 2.04. The molecule has 0 aromatic carbocycles. The summed E-state index contributed by atoms with van der Waals surface area (Å²) in [6.07, 6.45) is 7.30. The van der Waals surface area contributed by atoms with Crippen LogP contribution in [-0.4, -0.2) is 20.4 Å². The Morgan fingerprint density at radius 1 is 1.50 bits per heavy atom. The molecule has 1 unspecified atom stereocenters. The third-order valence-electron chi connectivity index (χ3n) is 3.77. The molecule has 0 radical (unpaired) electrons. The molecule has 2 heterocycles. The molecule has 0 saturated heterocycles. The molecule has 1 N–H and O–H groups in total. The van der Waals surface area contributed by atoms with E-state index in [1.165, 1.54) is 0 Å². The number of nitrogens with one attached hydrogen (secondary N) is 1. The first-order valence-corrected chi connectivity index (χ1v) is 6.85. The second kappa shape index (κ2) is 5.07. The molecular formula is C15H18N4O. The van der Waals surface area contributed by atoms with Crippen molar-refractivity contribution >= 4 is 5.91 Å². The zero-order chi connectivity index (χ0) is 14.1. The molecule has 3 rings (SSSR count). The number of pyridine rings is 1. The summed E-state index contributed by atoms with van der Waals surface area (Å²) in [4.78, 5) is 20.8. The van der Waals surface area contributed by atoms with Crippen LogP contribution in [0.3, 0.4) is 0 Å². The molecule has 5 heteroatoms. The van der Waals surface area contributed by atoms with Gasteiger partial charge in [0.25, 0.3) is 5.91 Å². The number of amides is 1. The van der Waals surface area contributed by atoms with Gasteiger partial charge in [0.2, 0.25) is 0 Å². The van der Waals surface area contributed by atoms with Gasteiger partial charge < -0.3 is 9.88 Å². The van der Waals surface area contributed by atoms with Crippen LogP contribution in [0.4, 0.5) is 0 Å². The molecule has 2 aromatic rings. The average Bonchev–Trinajstić information content (AvgIpc) is 3.18. The van der Waals surface area contributed by atoms with Gasteiger partial charge in [0.05, 0.1) is 24.3 Å². The van der Waals surface area contributed by atoms with E-state index in [1.54, 1.807) is 23.3 Å². The van der Waals surface area contributed by atoms with E-state index < -0.39 is 0 Å². The van der Waals surface area contributed by atoms with E-state index in [9.17, 15) is 4.79 Å². The summed E-state index contributed by atoms with van der Waals surface area (Å²) in [7, 11) is 1.82. The molecule has 1 fully saturated rings. The van der Waals surface area contributed by atoms with Gasteiger partial charge in [0.15, 0.2) is 0 Å². The third kappa shape index (κ3) is 2.43. The van der Waals surface area contributed by atoms with Crippen LogP contribution in [0.2, 0.25) is 0 Å². The molecule has 0 spiro atoms. The Kier molecular flexibility index (Phi) is 3.26. The van der Waals surface area contributed by atoms with Crippen molar-refractivity contribution in [3.63, 3.8) is 0 Å². The van der Waals surface area contributed by atoms with Crippen LogP contribution in [0.15, 0.2) is 30.9 Å². The second-order valence-electron chi connectivity index (χ2n) is 5.38. The van der Waals surface area contributed by atoms with Crippen LogP contribution >= 0.6 is 0 Å². The van der Waals surface area contributed by atoms with E-state index >= 15 is 0 Å². The number of carbonyl (C=O) groups is 1. The Balaban J connectivity index is 1.84. The fraction of sp³-hybridized carbons (Fsp3) is 0.400. The van der Waals surface area contributed by atoms with Crippen LogP contribution in [0.5, 0.6) is 0 Å². The standard InChI is InChI=1S/C15H18N4O/c1-10-4-3-7-17-13(10)14(11-5-6-11)18-15(20)12-8-16-9-19(12)2/h3-4,7-9,11,14H,5-6H2,1-2H3,(H,18,20). The molecule has 1 aliphatic carbocycles. The first kappa shape index (κ1) is 12.8. The van der Waals surface area contributed by atoms with Crippen LogP contribution in [0, 0.1) is 12.8 Å². The Morgan fingerprint density at radius 2 is 2.30 bits per heavy atom. The lowest BCUT2D eigenvalue weighted by atomic mass is 10.0. The van der Waals surface area contributed by atoms with Crippen molar-refractivity contribution in [1.82, 2.24) is 19.9 Å². The Hall–Kier alpha value is -2.17. The molecule has 0 aliphatic heterocycles. The first-order valence-electron chi connectivity index (χ1n) is 6.85. The molecular weight excluding hydrogens is 252 g/mol. The maximum Gasteiger partial charge on any atom is 0.270 e. The Morgan fingerprint density at radius 3 is 2.90 bits per heavy atom. The minimum absolute atomic E-state index is 0.00130. The quantitative estimate of drug-likeness (QED) is 0.924. The number of aromatic nitrogens is 3. The van der Waals surface area contributed by atoms with Gasteiger partial charge in [-0.1, -0.05) is 6.07 Å². The number of hydrogen-bond donors (Lipinski definition) is 1. The zero-order valence-corrected chi connectivity index (χ0v) is 11.7. The molecule has 5 nitrogen and oxygen atoms in total. The fourth-order valence-electron chi connectivity index (χ4n) is 2.45. The number of imidazole rings is 1. The molecule has 1 saturated carbocycles. The van der Waals surface area contributed by atoms with Crippen molar-refractivity contribution < 1.29 is 4.79 Å². The minimum atomic E-state index is -0.0908. The van der Waals surface area contributed by atoms with E-state index in [0.717, 1.165) is 24.1 Å². The van der Waals surface area contributed by atoms with Crippen molar-refractivity contribution in [2.45, 2.75) is 25.8 Å². The number of aryl methyl sites for hydroxylation is 2. The highest BCUT2D eigenvalue weighted by molar-refractivity contribution is 5.92. The number of nitrogens with zero attached hydrogens (tertiary/aromatic N) is 3. The predicted octanol–water partition coefficient (Wildman–Crippen LogP) is 2.00. The smallest absolute Gasteiger partial charge is 0.270 e. The number of hydrogen-bond acceptors (Lipinski definition) is 3. The Bertz CT molecular complexity index is 630. The van der Waals surface area contributed by atoms with Gasteiger partial charge in [-0.3, -0.25) is 9.78 Å². The van der Waals surface area contributed by atoms with E-state index in [4.69, 9.17) is 0 Å². The van der Waals surface area contributed by atoms with Crippen LogP contribution in [-0.2, 0) is 7.05 Å². The van der Waals surface area contributed by atoms with E-state index in [2.05, 4.69) is 15.3 Å². The van der Waals surface area contributed by atoms with Gasteiger partial charge in [-0.2, -0.15) is 0 Å². The van der Waals surface area contributed by atoms with Crippen molar-refractivity contribution in [3.05, 3.63) is 47.8 Å². The highest BCUT2D eigenvalue weighted by Crippen LogP contribution is 2.41. The van der Waals surface area contributed by atoms with Crippen LogP contribution in [0.25, 0.3) is 0 Å². The van der Waals surface area contributed by atoms with Gasteiger partial charge in [0.1, 0.15) is 5.69 Å². The highest BCUT2D eigenvalue weighted by atomic mass is 16.2. The van der Waals surface area contributed by atoms with Crippen molar-refractivity contribution in [1.29, 1.82) is 0 Å². The predicted molar refractivity (Wildman–Crippen MR) is 75.1 cm³/mol. The summed E-state index contributed by atoms with van der Waals surface area (Å²) in [5.74, 6) is 0.410. The SMILES string of the molecule is Cc1cccnc1C(NC(=O)c1cncn1C)C1CC1. The van der Waals surface area contributed by atoms with Crippen LogP contribution < -0.4 is 5.32 Å². The maximum absolute atomic E-state index is 12.4. The van der Waals surface area contributed by atoms with E-state index in [0.29, 0.717) is 11.6 Å². The van der Waals surface area contributed by atoms with Crippen molar-refractivity contribution in [2.24, 2.45) is 13.0 Å². The monoisotopic (exact) mass is 270 g/mol. The van der Waals surface area contributed by atoms with Gasteiger partial charge in [0, 0.05) is 13.2 Å². The highest BCUT2D eigenvalue weighted by Gasteiger charge is 2.35. The van der Waals surface area contributed by atoms with E-state index in [-0.39, 0.29) is 11.9 Å². The van der Waals surface area contributed by atoms with Gasteiger partial charge in [-0.25, -0.2) is 4.98 Å². The summed E-state index contributed by atoms with van der Waals surface area (Å²) in [5, 5.41) is 3.12. The lowest BCUT2D eigenvalue weighted by molar-refractivity contribution is 0.0922. The first-order chi connectivity index (χ1) is 9.66. The molecule has 1 aliphatic rings. The summed E-state index contributed by atoms with van der Waals surface area (Å²) in [6, 6.07) is 3.96. The third-order valence-corrected chi connectivity index (χ3v) is 3.77. The van der Waals surface area contributed by atoms with Gasteiger partial charge in [-0.05, 0) is 37.3 Å². The topological polar surface area (TPSA) is 59.8 Å². The Labute approximate surface area is 118 Å². The lowest BCUT2D eigenvalue weighted by Gasteiger charge is -2.19. The molecule has 104 valence electrons. The molecule has 0 bridgehead atoms. The average molecular weight is 270 g/mol. The second-order valence-corrected chi connectivity index (χ2v) is 5.38. The summed E-state index contributed by atoms with van der Waals surface area (Å²) < 4.78 is 1.73. The largest absolute Gasteiger partial charge is 0.342 e. The van der Waals surface area contributed by atoms with E-state index in [1.807, 2.05) is 26.1 Å². The van der Waals surface area contributed by atoms with Crippen LogP contribution in [0.1, 0.15) is 40.6 Å². The number of rotatable bonds is 4. The lowest BCUT2D eigenvalue weighted by Crippen LogP contribution is -2.32. The van der Waals surface area contributed by atoms with Crippen molar-refractivity contribution in [2.75, 3.05) is 0 Å². The molecule has 1 atom stereocenters. The van der Waals surface area contributed by atoms with Gasteiger partial charge >= 0.3 is 0 Å². The normalized spacial score (nSPS) is 15.9. The van der Waals surface area contributed by atoms with Gasteiger partial charge in [-0.15, -0.1) is 0 Å². The summed E-state index contributed by atoms with van der Waals surface area (Å²) in [5.41, 5.74) is 2.67. The molecule has 1 amide bonds. The molecule has 2 aromatic heterocycles. The van der Waals surface area contributed by atoms with Crippen molar-refractivity contribution in [3.8, 4) is 0 Å². The minimum Gasteiger partial charge on any atom is -0.342 e. The zero-order valence-electron chi connectivity index (χ0n) is 11.7. The number of carbonyl (C=O) groups excluding carboxylic acids is 1. The summed E-state index contributed by atoms with van der Waals surface area (Å²) >= 11 is 0. The maximum atomic E-state index is 12.4. The fourth-order valence-corrected chi connectivity index (χ4v) is 2.45.